The van der Waals surface area contributed by atoms with Gasteiger partial charge < -0.3 is 14.8 Å². The lowest BCUT2D eigenvalue weighted by atomic mass is 10.1. The van der Waals surface area contributed by atoms with Crippen LogP contribution >= 0.6 is 0 Å². The van der Waals surface area contributed by atoms with Crippen molar-refractivity contribution in [2.75, 3.05) is 6.61 Å². The highest BCUT2D eigenvalue weighted by Gasteiger charge is 2.25. The molecule has 0 aliphatic carbocycles. The molecule has 0 bridgehead atoms. The fraction of sp³-hybridized carbons (Fsp3) is 0.588. The highest BCUT2D eigenvalue weighted by molar-refractivity contribution is 5.81. The molecule has 0 aromatic heterocycles. The summed E-state index contributed by atoms with van der Waals surface area (Å²) < 4.78 is 11.3. The van der Waals surface area contributed by atoms with Crippen molar-refractivity contribution in [2.24, 2.45) is 0 Å². The summed E-state index contributed by atoms with van der Waals surface area (Å²) in [5.74, 6) is 0.622. The Labute approximate surface area is 126 Å². The fourth-order valence-corrected chi connectivity index (χ4v) is 2.49. The molecule has 0 spiro atoms. The molecule has 1 aliphatic heterocycles. The van der Waals surface area contributed by atoms with Gasteiger partial charge in [-0.2, -0.15) is 0 Å². The SMILES string of the molecule is CCc1ccc(O[C@@H](C)C(=O)N[C@@H](C)[C@@H]2CCCO2)cc1. The van der Waals surface area contributed by atoms with Gasteiger partial charge in [0, 0.05) is 6.61 Å². The molecule has 1 aliphatic rings. The molecule has 1 aromatic carbocycles. The number of rotatable bonds is 6. The Morgan fingerprint density at radius 3 is 2.67 bits per heavy atom. The molecule has 0 unspecified atom stereocenters. The quantitative estimate of drug-likeness (QED) is 0.876. The summed E-state index contributed by atoms with van der Waals surface area (Å²) in [4.78, 5) is 12.1. The molecular weight excluding hydrogens is 266 g/mol. The van der Waals surface area contributed by atoms with Gasteiger partial charge >= 0.3 is 0 Å². The van der Waals surface area contributed by atoms with E-state index in [0.29, 0.717) is 0 Å². The van der Waals surface area contributed by atoms with Crippen molar-refractivity contribution >= 4 is 5.91 Å². The van der Waals surface area contributed by atoms with Crippen LogP contribution in [0.15, 0.2) is 24.3 Å². The molecule has 1 aromatic rings. The van der Waals surface area contributed by atoms with Gasteiger partial charge in [0.25, 0.3) is 5.91 Å². The Hall–Kier alpha value is -1.55. The number of carbonyl (C=O) groups excluding carboxylic acids is 1. The summed E-state index contributed by atoms with van der Waals surface area (Å²) in [5, 5.41) is 2.98. The maximum atomic E-state index is 12.1. The third kappa shape index (κ3) is 4.46. The van der Waals surface area contributed by atoms with Gasteiger partial charge in [0.2, 0.25) is 0 Å². The van der Waals surface area contributed by atoms with Crippen LogP contribution in [0.1, 0.15) is 39.2 Å². The van der Waals surface area contributed by atoms with Gasteiger partial charge in [-0.25, -0.2) is 0 Å². The third-order valence-electron chi connectivity index (χ3n) is 3.91. The number of hydrogen-bond donors (Lipinski definition) is 1. The first-order valence-electron chi connectivity index (χ1n) is 7.77. The molecule has 3 atom stereocenters. The lowest BCUT2D eigenvalue weighted by molar-refractivity contribution is -0.128. The monoisotopic (exact) mass is 291 g/mol. The number of nitrogens with one attached hydrogen (secondary N) is 1. The van der Waals surface area contributed by atoms with E-state index in [4.69, 9.17) is 9.47 Å². The second-order valence-corrected chi connectivity index (χ2v) is 5.61. The van der Waals surface area contributed by atoms with Crippen molar-refractivity contribution in [1.82, 2.24) is 5.32 Å². The lowest BCUT2D eigenvalue weighted by Gasteiger charge is -2.22. The molecule has 1 heterocycles. The second-order valence-electron chi connectivity index (χ2n) is 5.61. The predicted octanol–water partition coefficient (Wildman–Crippen LogP) is 2.70. The normalized spacial score (nSPS) is 20.8. The summed E-state index contributed by atoms with van der Waals surface area (Å²) in [6.07, 6.45) is 2.69. The molecule has 4 heteroatoms. The zero-order chi connectivity index (χ0) is 15.2. The molecule has 0 radical (unpaired) electrons. The third-order valence-corrected chi connectivity index (χ3v) is 3.91. The minimum absolute atomic E-state index is 0.0218. The summed E-state index contributed by atoms with van der Waals surface area (Å²) in [7, 11) is 0. The van der Waals surface area contributed by atoms with Gasteiger partial charge in [-0.05, 0) is 50.8 Å². The van der Waals surface area contributed by atoms with E-state index in [2.05, 4.69) is 12.2 Å². The van der Waals surface area contributed by atoms with Crippen LogP contribution in [0.4, 0.5) is 0 Å². The van der Waals surface area contributed by atoms with Crippen LogP contribution in [0.25, 0.3) is 0 Å². The zero-order valence-electron chi connectivity index (χ0n) is 13.1. The average Bonchev–Trinajstić information content (AvgIpc) is 3.02. The fourth-order valence-electron chi connectivity index (χ4n) is 2.49. The van der Waals surface area contributed by atoms with E-state index in [1.54, 1.807) is 6.92 Å². The van der Waals surface area contributed by atoms with Crippen LogP contribution in [0.5, 0.6) is 5.75 Å². The van der Waals surface area contributed by atoms with Gasteiger partial charge in [-0.3, -0.25) is 4.79 Å². The van der Waals surface area contributed by atoms with Crippen LogP contribution in [-0.2, 0) is 16.0 Å². The molecule has 2 rings (SSSR count). The Morgan fingerprint density at radius 1 is 1.38 bits per heavy atom. The maximum absolute atomic E-state index is 12.1. The minimum Gasteiger partial charge on any atom is -0.481 e. The topological polar surface area (TPSA) is 47.6 Å². The molecule has 0 saturated carbocycles. The Balaban J connectivity index is 1.83. The second kappa shape index (κ2) is 7.46. The van der Waals surface area contributed by atoms with E-state index in [1.807, 2.05) is 31.2 Å². The number of aryl methyl sites for hydroxylation is 1. The number of carbonyl (C=O) groups is 1. The largest absolute Gasteiger partial charge is 0.481 e. The summed E-state index contributed by atoms with van der Waals surface area (Å²) >= 11 is 0. The van der Waals surface area contributed by atoms with Crippen molar-refractivity contribution in [3.05, 3.63) is 29.8 Å². The summed E-state index contributed by atoms with van der Waals surface area (Å²) in [5.41, 5.74) is 1.26. The summed E-state index contributed by atoms with van der Waals surface area (Å²) in [6, 6.07) is 7.89. The van der Waals surface area contributed by atoms with Crippen LogP contribution < -0.4 is 10.1 Å². The lowest BCUT2D eigenvalue weighted by Crippen LogP contribution is -2.46. The smallest absolute Gasteiger partial charge is 0.261 e. The van der Waals surface area contributed by atoms with Crippen LogP contribution in [-0.4, -0.2) is 30.8 Å². The Bertz CT molecular complexity index is 452. The van der Waals surface area contributed by atoms with Crippen molar-refractivity contribution in [3.8, 4) is 5.75 Å². The van der Waals surface area contributed by atoms with Gasteiger partial charge in [0.15, 0.2) is 6.10 Å². The van der Waals surface area contributed by atoms with E-state index in [9.17, 15) is 4.79 Å². The molecule has 4 nitrogen and oxygen atoms in total. The zero-order valence-corrected chi connectivity index (χ0v) is 13.1. The van der Waals surface area contributed by atoms with E-state index < -0.39 is 6.10 Å². The van der Waals surface area contributed by atoms with Crippen molar-refractivity contribution < 1.29 is 14.3 Å². The van der Waals surface area contributed by atoms with Gasteiger partial charge in [0.1, 0.15) is 5.75 Å². The molecule has 116 valence electrons. The number of ether oxygens (including phenoxy) is 2. The maximum Gasteiger partial charge on any atom is 0.261 e. The average molecular weight is 291 g/mol. The highest BCUT2D eigenvalue weighted by Crippen LogP contribution is 2.17. The Morgan fingerprint density at radius 2 is 2.10 bits per heavy atom. The molecule has 1 fully saturated rings. The van der Waals surface area contributed by atoms with E-state index in [0.717, 1.165) is 31.6 Å². The summed E-state index contributed by atoms with van der Waals surface area (Å²) in [6.45, 7) is 6.65. The first kappa shape index (κ1) is 15.8. The molecule has 1 amide bonds. The van der Waals surface area contributed by atoms with Crippen LogP contribution in [0.3, 0.4) is 0 Å². The van der Waals surface area contributed by atoms with Crippen LogP contribution in [0.2, 0.25) is 0 Å². The van der Waals surface area contributed by atoms with E-state index in [1.165, 1.54) is 5.56 Å². The van der Waals surface area contributed by atoms with Gasteiger partial charge in [-0.15, -0.1) is 0 Å². The first-order chi connectivity index (χ1) is 10.1. The van der Waals surface area contributed by atoms with Crippen molar-refractivity contribution in [3.63, 3.8) is 0 Å². The predicted molar refractivity (Wildman–Crippen MR) is 82.5 cm³/mol. The number of amides is 1. The standard InChI is InChI=1S/C17H25NO3/c1-4-14-7-9-15(10-8-14)21-13(3)17(19)18-12(2)16-6-5-11-20-16/h7-10,12-13,16H,4-6,11H2,1-3H3,(H,18,19)/t12-,13-,16-/m0/s1. The molecular formula is C17H25NO3. The van der Waals surface area contributed by atoms with Crippen LogP contribution in [0, 0.1) is 0 Å². The molecule has 21 heavy (non-hydrogen) atoms. The van der Waals surface area contributed by atoms with E-state index in [-0.39, 0.29) is 18.1 Å². The molecule has 1 saturated heterocycles. The van der Waals surface area contributed by atoms with E-state index >= 15 is 0 Å². The Kier molecular flexibility index (Phi) is 5.62. The number of hydrogen-bond acceptors (Lipinski definition) is 3. The van der Waals surface area contributed by atoms with Crippen molar-refractivity contribution in [2.45, 2.75) is 58.3 Å². The first-order valence-corrected chi connectivity index (χ1v) is 7.77. The highest BCUT2D eigenvalue weighted by atomic mass is 16.5. The molecule has 1 N–H and O–H groups in total. The van der Waals surface area contributed by atoms with Gasteiger partial charge in [-0.1, -0.05) is 19.1 Å². The minimum atomic E-state index is -0.513. The number of benzene rings is 1. The van der Waals surface area contributed by atoms with Gasteiger partial charge in [0.05, 0.1) is 12.1 Å². The van der Waals surface area contributed by atoms with Crippen molar-refractivity contribution in [1.29, 1.82) is 0 Å².